The average Bonchev–Trinajstić information content (AvgIpc) is 2.53. The molecular weight excluding hydrogens is 290 g/mol. The molecule has 1 amide bonds. The van der Waals surface area contributed by atoms with Crippen LogP contribution in [0.5, 0.6) is 11.5 Å². The molecule has 1 N–H and O–H groups in total. The van der Waals surface area contributed by atoms with Gasteiger partial charge in [-0.05, 0) is 43.7 Å². The van der Waals surface area contributed by atoms with Crippen LogP contribution in [-0.4, -0.2) is 32.0 Å². The minimum absolute atomic E-state index is 0.0970. The number of methoxy groups -OCH3 is 2. The fourth-order valence-electron chi connectivity index (χ4n) is 2.60. The van der Waals surface area contributed by atoms with Gasteiger partial charge in [-0.25, -0.2) is 0 Å². The fourth-order valence-corrected chi connectivity index (χ4v) is 2.86. The summed E-state index contributed by atoms with van der Waals surface area (Å²) in [6.45, 7) is 0.696. The Morgan fingerprint density at radius 1 is 1.14 bits per heavy atom. The molecule has 0 saturated heterocycles. The van der Waals surface area contributed by atoms with E-state index >= 15 is 0 Å². The average molecular weight is 312 g/mol. The van der Waals surface area contributed by atoms with Crippen LogP contribution < -0.4 is 14.8 Å². The highest BCUT2D eigenvalue weighted by molar-refractivity contribution is 6.20. The van der Waals surface area contributed by atoms with Crippen molar-refractivity contribution in [3.05, 3.63) is 23.8 Å². The minimum atomic E-state index is -0.0970. The van der Waals surface area contributed by atoms with E-state index in [4.69, 9.17) is 21.1 Å². The van der Waals surface area contributed by atoms with E-state index in [2.05, 4.69) is 5.32 Å². The second-order valence-electron chi connectivity index (χ2n) is 5.43. The third-order valence-corrected chi connectivity index (χ3v) is 4.38. The number of nitrogens with one attached hydrogen (secondary N) is 1. The summed E-state index contributed by atoms with van der Waals surface area (Å²) < 4.78 is 10.4. The minimum Gasteiger partial charge on any atom is -0.497 e. The van der Waals surface area contributed by atoms with Crippen molar-refractivity contribution in [1.29, 1.82) is 0 Å². The summed E-state index contributed by atoms with van der Waals surface area (Å²) in [5.74, 6) is 1.65. The van der Waals surface area contributed by atoms with Crippen LogP contribution >= 0.6 is 11.6 Å². The van der Waals surface area contributed by atoms with E-state index in [1.807, 2.05) is 0 Å². The van der Waals surface area contributed by atoms with Crippen molar-refractivity contribution in [2.45, 2.75) is 31.1 Å². The van der Waals surface area contributed by atoms with Crippen molar-refractivity contribution in [3.63, 3.8) is 0 Å². The Morgan fingerprint density at radius 2 is 1.71 bits per heavy atom. The van der Waals surface area contributed by atoms with Crippen LogP contribution in [-0.2, 0) is 0 Å². The number of hydrogen-bond acceptors (Lipinski definition) is 3. The number of rotatable bonds is 5. The number of halogens is 1. The molecule has 5 heteroatoms. The van der Waals surface area contributed by atoms with E-state index in [0.29, 0.717) is 34.9 Å². The van der Waals surface area contributed by atoms with Gasteiger partial charge in [-0.3, -0.25) is 4.79 Å². The van der Waals surface area contributed by atoms with E-state index in [-0.39, 0.29) is 5.91 Å². The Hall–Kier alpha value is -1.42. The Bertz CT molecular complexity index is 462. The van der Waals surface area contributed by atoms with Gasteiger partial charge in [-0.2, -0.15) is 0 Å². The second kappa shape index (κ2) is 7.55. The normalized spacial score (nSPS) is 21.7. The van der Waals surface area contributed by atoms with Crippen LogP contribution in [0.1, 0.15) is 36.0 Å². The van der Waals surface area contributed by atoms with Crippen molar-refractivity contribution in [1.82, 2.24) is 5.32 Å². The lowest BCUT2D eigenvalue weighted by molar-refractivity contribution is 0.0943. The molecule has 1 saturated carbocycles. The van der Waals surface area contributed by atoms with Gasteiger partial charge >= 0.3 is 0 Å². The van der Waals surface area contributed by atoms with Crippen molar-refractivity contribution >= 4 is 17.5 Å². The van der Waals surface area contributed by atoms with E-state index in [1.54, 1.807) is 32.4 Å². The fraction of sp³-hybridized carbons (Fsp3) is 0.562. The summed E-state index contributed by atoms with van der Waals surface area (Å²) in [7, 11) is 3.14. The van der Waals surface area contributed by atoms with Crippen molar-refractivity contribution in [3.8, 4) is 11.5 Å². The second-order valence-corrected chi connectivity index (χ2v) is 6.05. The molecule has 0 radical (unpaired) electrons. The lowest BCUT2D eigenvalue weighted by Gasteiger charge is -2.25. The van der Waals surface area contributed by atoms with Gasteiger partial charge in [0.2, 0.25) is 0 Å². The van der Waals surface area contributed by atoms with Gasteiger partial charge in [0.05, 0.1) is 14.2 Å². The predicted octanol–water partition coefficient (Wildman–Crippen LogP) is 3.23. The first-order valence-electron chi connectivity index (χ1n) is 7.27. The van der Waals surface area contributed by atoms with Gasteiger partial charge in [-0.15, -0.1) is 11.6 Å². The maximum Gasteiger partial charge on any atom is 0.251 e. The van der Waals surface area contributed by atoms with Crippen LogP contribution in [0.25, 0.3) is 0 Å². The summed E-state index contributed by atoms with van der Waals surface area (Å²) in [5.41, 5.74) is 0.553. The summed E-state index contributed by atoms with van der Waals surface area (Å²) in [6, 6.07) is 5.18. The van der Waals surface area contributed by atoms with Crippen molar-refractivity contribution in [2.75, 3.05) is 20.8 Å². The molecule has 4 nitrogen and oxygen atoms in total. The third-order valence-electron chi connectivity index (χ3n) is 3.94. The standard InChI is InChI=1S/C16H22ClNO3/c1-20-14-7-12(8-15(9-14)21-2)16(19)18-10-11-3-5-13(17)6-4-11/h7-9,11,13H,3-6,10H2,1-2H3,(H,18,19). The summed E-state index contributed by atoms with van der Waals surface area (Å²) >= 11 is 6.09. The van der Waals surface area contributed by atoms with Crippen molar-refractivity contribution < 1.29 is 14.3 Å². The molecule has 1 aliphatic carbocycles. The largest absolute Gasteiger partial charge is 0.497 e. The van der Waals surface area contributed by atoms with Gasteiger partial charge < -0.3 is 14.8 Å². The zero-order valence-electron chi connectivity index (χ0n) is 12.5. The number of hydrogen-bond donors (Lipinski definition) is 1. The monoisotopic (exact) mass is 311 g/mol. The van der Waals surface area contributed by atoms with Crippen LogP contribution in [0.15, 0.2) is 18.2 Å². The first kappa shape index (κ1) is 16.0. The molecule has 0 unspecified atom stereocenters. The first-order valence-corrected chi connectivity index (χ1v) is 7.71. The Balaban J connectivity index is 1.93. The predicted molar refractivity (Wildman–Crippen MR) is 83.5 cm³/mol. The van der Waals surface area contributed by atoms with Crippen molar-refractivity contribution in [2.24, 2.45) is 5.92 Å². The van der Waals surface area contributed by atoms with E-state index in [1.165, 1.54) is 0 Å². The number of carbonyl (C=O) groups is 1. The summed E-state index contributed by atoms with van der Waals surface area (Å²) in [4.78, 5) is 12.2. The Labute approximate surface area is 130 Å². The SMILES string of the molecule is COc1cc(OC)cc(C(=O)NCC2CCC(Cl)CC2)c1. The molecule has 1 aliphatic rings. The van der Waals surface area contributed by atoms with Gasteiger partial charge in [0.1, 0.15) is 11.5 Å². The number of amides is 1. The molecule has 0 spiro atoms. The quantitative estimate of drug-likeness (QED) is 0.849. The maximum absolute atomic E-state index is 12.2. The highest BCUT2D eigenvalue weighted by Crippen LogP contribution is 2.27. The van der Waals surface area contributed by atoms with E-state index < -0.39 is 0 Å². The smallest absolute Gasteiger partial charge is 0.251 e. The molecular formula is C16H22ClNO3. The number of benzene rings is 1. The molecule has 0 heterocycles. The molecule has 0 bridgehead atoms. The number of ether oxygens (including phenoxy) is 2. The Kier molecular flexibility index (Phi) is 5.74. The molecule has 2 rings (SSSR count). The molecule has 21 heavy (non-hydrogen) atoms. The Morgan fingerprint density at radius 3 is 2.24 bits per heavy atom. The molecule has 0 aliphatic heterocycles. The van der Waals surface area contributed by atoms with Crippen LogP contribution in [0.4, 0.5) is 0 Å². The van der Waals surface area contributed by atoms with Crippen LogP contribution in [0.2, 0.25) is 0 Å². The maximum atomic E-state index is 12.2. The zero-order chi connectivity index (χ0) is 15.2. The third kappa shape index (κ3) is 4.53. The van der Waals surface area contributed by atoms with E-state index in [0.717, 1.165) is 25.7 Å². The van der Waals surface area contributed by atoms with Gasteiger partial charge in [0.15, 0.2) is 0 Å². The number of carbonyl (C=O) groups excluding carboxylic acids is 1. The van der Waals surface area contributed by atoms with Gasteiger partial charge in [0.25, 0.3) is 5.91 Å². The highest BCUT2D eigenvalue weighted by Gasteiger charge is 2.20. The lowest BCUT2D eigenvalue weighted by Crippen LogP contribution is -2.31. The summed E-state index contributed by atoms with van der Waals surface area (Å²) in [5, 5.41) is 3.30. The molecule has 1 aromatic carbocycles. The lowest BCUT2D eigenvalue weighted by atomic mass is 9.89. The van der Waals surface area contributed by atoms with Gasteiger partial charge in [-0.1, -0.05) is 0 Å². The van der Waals surface area contributed by atoms with Crippen LogP contribution in [0.3, 0.4) is 0 Å². The zero-order valence-corrected chi connectivity index (χ0v) is 13.3. The van der Waals surface area contributed by atoms with Gasteiger partial charge in [0, 0.05) is 23.6 Å². The number of alkyl halides is 1. The summed E-state index contributed by atoms with van der Waals surface area (Å²) in [6.07, 6.45) is 4.23. The highest BCUT2D eigenvalue weighted by atomic mass is 35.5. The van der Waals surface area contributed by atoms with E-state index in [9.17, 15) is 4.79 Å². The molecule has 1 fully saturated rings. The molecule has 1 aromatic rings. The van der Waals surface area contributed by atoms with Crippen LogP contribution in [0, 0.1) is 5.92 Å². The molecule has 116 valence electrons. The molecule has 0 aromatic heterocycles. The molecule has 0 atom stereocenters. The topological polar surface area (TPSA) is 47.6 Å². The first-order chi connectivity index (χ1) is 10.1.